The van der Waals surface area contributed by atoms with Crippen LogP contribution in [0.4, 0.5) is 17.1 Å². The maximum Gasteiger partial charge on any atom is 0.271 e. The third kappa shape index (κ3) is 6.57. The number of anilines is 2. The first-order valence-corrected chi connectivity index (χ1v) is 13.1. The predicted molar refractivity (Wildman–Crippen MR) is 140 cm³/mol. The highest BCUT2D eigenvalue weighted by Gasteiger charge is 2.25. The zero-order valence-corrected chi connectivity index (χ0v) is 21.1. The molecule has 0 aromatic heterocycles. The minimum atomic E-state index is -0.396. The number of carbonyl (C=O) groups is 1. The number of nitrogens with zero attached hydrogens (tertiary/aromatic N) is 2. The van der Waals surface area contributed by atoms with Crippen LogP contribution >= 0.6 is 15.9 Å². The van der Waals surface area contributed by atoms with E-state index in [0.29, 0.717) is 22.9 Å². The number of nitro groups is 1. The third-order valence-electron chi connectivity index (χ3n) is 7.16. The van der Waals surface area contributed by atoms with Crippen LogP contribution in [-0.2, 0) is 0 Å². The van der Waals surface area contributed by atoms with Gasteiger partial charge in [0.1, 0.15) is 0 Å². The number of piperidine rings is 2. The van der Waals surface area contributed by atoms with Crippen LogP contribution in [0.3, 0.4) is 0 Å². The second-order valence-electron chi connectivity index (χ2n) is 9.48. The van der Waals surface area contributed by atoms with Crippen LogP contribution in [0.25, 0.3) is 0 Å². The summed E-state index contributed by atoms with van der Waals surface area (Å²) in [5, 5.41) is 17.8. The van der Waals surface area contributed by atoms with E-state index in [9.17, 15) is 14.9 Å². The van der Waals surface area contributed by atoms with E-state index in [-0.39, 0.29) is 11.6 Å². The van der Waals surface area contributed by atoms with Gasteiger partial charge in [0.05, 0.1) is 16.2 Å². The number of hydrogen-bond acceptors (Lipinski definition) is 5. The molecule has 0 atom stereocenters. The topological polar surface area (TPSA) is 87.5 Å². The molecule has 2 aromatic carbocycles. The van der Waals surface area contributed by atoms with Gasteiger partial charge < -0.3 is 15.5 Å². The zero-order valence-electron chi connectivity index (χ0n) is 19.5. The van der Waals surface area contributed by atoms with Crippen molar-refractivity contribution in [3.8, 4) is 0 Å². The number of halogens is 1. The second-order valence-corrected chi connectivity index (χ2v) is 10.4. The van der Waals surface area contributed by atoms with Gasteiger partial charge in [0.25, 0.3) is 11.6 Å². The predicted octanol–water partition coefficient (Wildman–Crippen LogP) is 6.00. The average molecular weight is 529 g/mol. The molecule has 34 heavy (non-hydrogen) atoms. The maximum absolute atomic E-state index is 13.1. The lowest BCUT2D eigenvalue weighted by Crippen LogP contribution is -2.35. The Morgan fingerprint density at radius 3 is 2.44 bits per heavy atom. The van der Waals surface area contributed by atoms with E-state index >= 15 is 0 Å². The van der Waals surface area contributed by atoms with Gasteiger partial charge in [0.2, 0.25) is 0 Å². The van der Waals surface area contributed by atoms with Crippen LogP contribution in [-0.4, -0.2) is 37.0 Å². The number of rotatable bonds is 8. The number of non-ortho nitro benzene ring substituents is 1. The van der Waals surface area contributed by atoms with E-state index in [0.717, 1.165) is 49.4 Å². The first kappa shape index (κ1) is 24.7. The molecule has 0 saturated carbocycles. The molecule has 2 saturated heterocycles. The summed E-state index contributed by atoms with van der Waals surface area (Å²) < 4.78 is 0.872. The number of carbonyl (C=O) groups excluding carboxylic acids is 1. The summed E-state index contributed by atoms with van der Waals surface area (Å²) in [6, 6.07) is 11.9. The molecule has 182 valence electrons. The van der Waals surface area contributed by atoms with Gasteiger partial charge in [-0.3, -0.25) is 14.9 Å². The van der Waals surface area contributed by atoms with E-state index in [1.807, 2.05) is 24.3 Å². The molecule has 2 N–H and O–H groups in total. The quantitative estimate of drug-likeness (QED) is 0.324. The summed E-state index contributed by atoms with van der Waals surface area (Å²) in [6.45, 7) is 3.94. The molecule has 2 heterocycles. The third-order valence-corrected chi connectivity index (χ3v) is 7.65. The lowest BCUT2D eigenvalue weighted by Gasteiger charge is -2.34. The Morgan fingerprint density at radius 1 is 1.06 bits per heavy atom. The highest BCUT2D eigenvalue weighted by Crippen LogP contribution is 2.32. The van der Waals surface area contributed by atoms with Gasteiger partial charge in [-0.05, 0) is 74.9 Å². The van der Waals surface area contributed by atoms with Gasteiger partial charge in [0, 0.05) is 35.4 Å². The molecular formula is C26H33BrN4O3. The number of hydrogen-bond donors (Lipinski definition) is 2. The average Bonchev–Trinajstić information content (AvgIpc) is 2.85. The van der Waals surface area contributed by atoms with Gasteiger partial charge in [-0.25, -0.2) is 0 Å². The van der Waals surface area contributed by atoms with Crippen LogP contribution in [0.15, 0.2) is 46.9 Å². The van der Waals surface area contributed by atoms with Crippen molar-refractivity contribution in [1.82, 2.24) is 5.32 Å². The highest BCUT2D eigenvalue weighted by molar-refractivity contribution is 9.10. The number of nitro benzene ring substituents is 1. The Kier molecular flexibility index (Phi) is 8.56. The molecule has 0 radical (unpaired) electrons. The number of benzene rings is 2. The fraction of sp³-hybridized carbons (Fsp3) is 0.500. The molecule has 0 spiro atoms. The van der Waals surface area contributed by atoms with Gasteiger partial charge >= 0.3 is 0 Å². The smallest absolute Gasteiger partial charge is 0.271 e. The molecule has 0 bridgehead atoms. The fourth-order valence-electron chi connectivity index (χ4n) is 5.18. The molecule has 7 nitrogen and oxygen atoms in total. The Bertz CT molecular complexity index is 1000. The lowest BCUT2D eigenvalue weighted by atomic mass is 9.87. The van der Waals surface area contributed by atoms with E-state index in [1.54, 1.807) is 12.1 Å². The van der Waals surface area contributed by atoms with Crippen molar-refractivity contribution >= 4 is 38.9 Å². The summed E-state index contributed by atoms with van der Waals surface area (Å²) >= 11 is 3.42. The van der Waals surface area contributed by atoms with Gasteiger partial charge in [-0.1, -0.05) is 41.3 Å². The van der Waals surface area contributed by atoms with Crippen LogP contribution in [0.2, 0.25) is 0 Å². The molecule has 0 aliphatic carbocycles. The number of nitrogens with one attached hydrogen (secondary N) is 2. The van der Waals surface area contributed by atoms with Gasteiger partial charge in [0.15, 0.2) is 0 Å². The zero-order chi connectivity index (χ0) is 23.9. The van der Waals surface area contributed by atoms with Gasteiger partial charge in [-0.2, -0.15) is 0 Å². The molecule has 2 aliphatic heterocycles. The first-order valence-electron chi connectivity index (χ1n) is 12.3. The van der Waals surface area contributed by atoms with Crippen molar-refractivity contribution < 1.29 is 9.72 Å². The summed E-state index contributed by atoms with van der Waals surface area (Å²) in [5.41, 5.74) is 1.80. The van der Waals surface area contributed by atoms with E-state index in [1.165, 1.54) is 38.2 Å². The van der Waals surface area contributed by atoms with Gasteiger partial charge in [-0.15, -0.1) is 0 Å². The SMILES string of the molecule is O=C(Nc1cccc(Br)c1)c1ccc([N+](=O)[O-])cc1N1CCC(CCCC2CCNCC2)CC1. The Morgan fingerprint density at radius 2 is 1.76 bits per heavy atom. The summed E-state index contributed by atoms with van der Waals surface area (Å²) in [5.74, 6) is 1.31. The summed E-state index contributed by atoms with van der Waals surface area (Å²) in [4.78, 5) is 26.3. The monoisotopic (exact) mass is 528 g/mol. The molecule has 0 unspecified atom stereocenters. The van der Waals surface area contributed by atoms with Crippen molar-refractivity contribution in [3.63, 3.8) is 0 Å². The largest absolute Gasteiger partial charge is 0.371 e. The minimum absolute atomic E-state index is 0.0121. The van der Waals surface area contributed by atoms with E-state index < -0.39 is 4.92 Å². The van der Waals surface area contributed by atoms with Crippen molar-refractivity contribution in [1.29, 1.82) is 0 Å². The summed E-state index contributed by atoms with van der Waals surface area (Å²) in [6.07, 6.45) is 8.58. The lowest BCUT2D eigenvalue weighted by molar-refractivity contribution is -0.384. The number of amides is 1. The Balaban J connectivity index is 1.39. The standard InChI is InChI=1S/C26H33BrN4O3/c27-21-5-2-6-22(17-21)29-26(32)24-8-7-23(31(33)34)18-25(24)30-15-11-20(12-16-30)4-1-3-19-9-13-28-14-10-19/h2,5-8,17-20,28H,1,3-4,9-16H2,(H,29,32). The van der Waals surface area contributed by atoms with Crippen molar-refractivity contribution in [2.24, 2.45) is 11.8 Å². The van der Waals surface area contributed by atoms with Crippen LogP contribution in [0.5, 0.6) is 0 Å². The normalized spacial score (nSPS) is 17.5. The Labute approximate surface area is 209 Å². The van der Waals surface area contributed by atoms with Crippen molar-refractivity contribution in [2.75, 3.05) is 36.4 Å². The fourth-order valence-corrected chi connectivity index (χ4v) is 5.58. The molecule has 8 heteroatoms. The van der Waals surface area contributed by atoms with Crippen molar-refractivity contribution in [3.05, 3.63) is 62.6 Å². The molecule has 1 amide bonds. The molecule has 2 aromatic rings. The van der Waals surface area contributed by atoms with Crippen LogP contribution < -0.4 is 15.5 Å². The summed E-state index contributed by atoms with van der Waals surface area (Å²) in [7, 11) is 0. The molecule has 4 rings (SSSR count). The molecule has 2 fully saturated rings. The van der Waals surface area contributed by atoms with E-state index in [4.69, 9.17) is 0 Å². The minimum Gasteiger partial charge on any atom is -0.371 e. The van der Waals surface area contributed by atoms with Crippen LogP contribution in [0.1, 0.15) is 55.3 Å². The van der Waals surface area contributed by atoms with Crippen LogP contribution in [0, 0.1) is 22.0 Å². The second kappa shape index (κ2) is 11.8. The van der Waals surface area contributed by atoms with E-state index in [2.05, 4.69) is 31.5 Å². The molecule has 2 aliphatic rings. The maximum atomic E-state index is 13.1. The highest BCUT2D eigenvalue weighted by atomic mass is 79.9. The first-order chi connectivity index (χ1) is 16.5. The molecular weight excluding hydrogens is 496 g/mol. The Hall–Kier alpha value is -2.45. The van der Waals surface area contributed by atoms with Crippen molar-refractivity contribution in [2.45, 2.75) is 44.9 Å².